The summed E-state index contributed by atoms with van der Waals surface area (Å²) < 4.78 is 3.16. The van der Waals surface area contributed by atoms with E-state index < -0.39 is 16.5 Å². The molecule has 3 nitrogen and oxygen atoms in total. The summed E-state index contributed by atoms with van der Waals surface area (Å²) in [6.45, 7) is -0.521. The zero-order valence-corrected chi connectivity index (χ0v) is 7.90. The molecule has 0 heterocycles. The molecule has 2 N–H and O–H groups in total. The van der Waals surface area contributed by atoms with Crippen LogP contribution in [0.25, 0.3) is 0 Å². The number of alkyl halides is 3. The predicted octanol–water partition coefficient (Wildman–Crippen LogP) is 0.726. The highest BCUT2D eigenvalue weighted by atomic mass is 35.6. The van der Waals surface area contributed by atoms with E-state index in [4.69, 9.17) is 49.8 Å². The molecule has 0 aliphatic rings. The van der Waals surface area contributed by atoms with Crippen molar-refractivity contribution in [2.24, 2.45) is 0 Å². The van der Waals surface area contributed by atoms with E-state index in [9.17, 15) is 0 Å². The third kappa shape index (κ3) is 5.06. The van der Waals surface area contributed by atoms with E-state index in [0.717, 1.165) is 0 Å². The molecule has 1 unspecified atom stereocenters. The van der Waals surface area contributed by atoms with Gasteiger partial charge < -0.3 is 14.9 Å². The molecule has 0 aromatic heterocycles. The molecule has 0 aromatic rings. The smallest absolute Gasteiger partial charge is 0.218 e. The molecule has 0 bridgehead atoms. The fourth-order valence-corrected chi connectivity index (χ4v) is 0.842. The number of hydrogen-bond donors (Lipinski definition) is 2. The summed E-state index contributed by atoms with van der Waals surface area (Å²) in [6, 6.07) is 0. The lowest BCUT2D eigenvalue weighted by Crippen LogP contribution is -2.33. The summed E-state index contributed by atoms with van der Waals surface area (Å²) in [7, 11) is 0. The van der Waals surface area contributed by atoms with Crippen molar-refractivity contribution in [1.82, 2.24) is 0 Å². The van der Waals surface area contributed by atoms with Gasteiger partial charge in [0.25, 0.3) is 0 Å². The Morgan fingerprint density at radius 1 is 1.27 bits per heavy atom. The van der Waals surface area contributed by atoms with E-state index in [1.807, 2.05) is 0 Å². The second-order valence-corrected chi connectivity index (χ2v) is 4.18. The summed E-state index contributed by atoms with van der Waals surface area (Å²) >= 11 is 16.2. The van der Waals surface area contributed by atoms with Gasteiger partial charge in [-0.3, -0.25) is 0 Å². The number of aliphatic hydroxyl groups excluding tert-OH is 2. The number of ether oxygens (including phenoxy) is 1. The highest BCUT2D eigenvalue weighted by Crippen LogP contribution is 2.31. The van der Waals surface area contributed by atoms with Crippen molar-refractivity contribution in [2.45, 2.75) is 9.90 Å². The average Bonchev–Trinajstić information content (AvgIpc) is 1.87. The first-order chi connectivity index (χ1) is 5.02. The molecule has 0 rings (SSSR count). The van der Waals surface area contributed by atoms with Gasteiger partial charge in [-0.2, -0.15) is 0 Å². The first-order valence-electron chi connectivity index (χ1n) is 2.92. The molecule has 0 amide bonds. The van der Waals surface area contributed by atoms with Gasteiger partial charge in [0.1, 0.15) is 6.10 Å². The van der Waals surface area contributed by atoms with Gasteiger partial charge in [0.15, 0.2) is 0 Å². The minimum atomic E-state index is -1.65. The van der Waals surface area contributed by atoms with Gasteiger partial charge in [-0.25, -0.2) is 0 Å². The van der Waals surface area contributed by atoms with Crippen LogP contribution in [0.1, 0.15) is 0 Å². The average molecular weight is 223 g/mol. The van der Waals surface area contributed by atoms with Gasteiger partial charge in [-0.05, 0) is 0 Å². The second kappa shape index (κ2) is 5.41. The third-order valence-corrected chi connectivity index (χ3v) is 1.67. The molecule has 1 atom stereocenters. The Labute approximate surface area is 79.8 Å². The first-order valence-corrected chi connectivity index (χ1v) is 4.05. The van der Waals surface area contributed by atoms with Crippen molar-refractivity contribution >= 4 is 34.8 Å². The number of hydrogen-bond acceptors (Lipinski definition) is 3. The van der Waals surface area contributed by atoms with E-state index >= 15 is 0 Å². The Morgan fingerprint density at radius 3 is 2.09 bits per heavy atom. The van der Waals surface area contributed by atoms with Crippen LogP contribution in [0.5, 0.6) is 0 Å². The van der Waals surface area contributed by atoms with Crippen molar-refractivity contribution in [3.05, 3.63) is 0 Å². The van der Waals surface area contributed by atoms with Crippen molar-refractivity contribution in [1.29, 1.82) is 0 Å². The van der Waals surface area contributed by atoms with E-state index in [0.29, 0.717) is 0 Å². The van der Waals surface area contributed by atoms with Gasteiger partial charge in [0.05, 0.1) is 19.8 Å². The minimum absolute atomic E-state index is 0.0408. The highest BCUT2D eigenvalue weighted by Gasteiger charge is 2.32. The van der Waals surface area contributed by atoms with Crippen LogP contribution in [0, 0.1) is 0 Å². The maximum Gasteiger partial charge on any atom is 0.218 e. The maximum absolute atomic E-state index is 8.63. The quantitative estimate of drug-likeness (QED) is 0.691. The van der Waals surface area contributed by atoms with Crippen LogP contribution in [0.3, 0.4) is 0 Å². The molecule has 0 aromatic carbocycles. The molecular formula is C5H9Cl3O3. The Hall–Kier alpha value is 0.750. The minimum Gasteiger partial charge on any atom is -0.394 e. The molecule has 0 fully saturated rings. The lowest BCUT2D eigenvalue weighted by atomic mass is 10.4. The molecule has 0 radical (unpaired) electrons. The standard InChI is InChI=1S/C5H9Cl3O3/c6-5(7,8)4(3-10)11-2-1-9/h4,9-10H,1-3H2. The molecule has 0 spiro atoms. The normalized spacial score (nSPS) is 15.0. The van der Waals surface area contributed by atoms with Gasteiger partial charge in [-0.1, -0.05) is 34.8 Å². The van der Waals surface area contributed by atoms with Crippen molar-refractivity contribution in [3.63, 3.8) is 0 Å². The molecule has 0 aliphatic carbocycles. The Kier molecular flexibility index (Phi) is 5.77. The Balaban J connectivity index is 3.76. The Bertz CT molecular complexity index is 104. The zero-order chi connectivity index (χ0) is 8.91. The van der Waals surface area contributed by atoms with Crippen molar-refractivity contribution in [2.75, 3.05) is 19.8 Å². The molecule has 0 aliphatic heterocycles. The molecule has 11 heavy (non-hydrogen) atoms. The van der Waals surface area contributed by atoms with Crippen LogP contribution in [0.2, 0.25) is 0 Å². The van der Waals surface area contributed by atoms with Gasteiger partial charge in [0, 0.05) is 0 Å². The molecule has 0 saturated heterocycles. The van der Waals surface area contributed by atoms with E-state index in [1.54, 1.807) is 0 Å². The highest BCUT2D eigenvalue weighted by molar-refractivity contribution is 6.68. The zero-order valence-electron chi connectivity index (χ0n) is 5.64. The molecule has 68 valence electrons. The summed E-state index contributed by atoms with van der Waals surface area (Å²) in [4.78, 5) is 0. The molecular weight excluding hydrogens is 214 g/mol. The van der Waals surface area contributed by atoms with Gasteiger partial charge in [-0.15, -0.1) is 0 Å². The topological polar surface area (TPSA) is 49.7 Å². The van der Waals surface area contributed by atoms with Gasteiger partial charge in [0.2, 0.25) is 3.79 Å². The van der Waals surface area contributed by atoms with E-state index in [-0.39, 0.29) is 13.2 Å². The fourth-order valence-electron chi connectivity index (χ4n) is 0.446. The lowest BCUT2D eigenvalue weighted by Gasteiger charge is -2.21. The first kappa shape index (κ1) is 11.8. The van der Waals surface area contributed by atoms with E-state index in [2.05, 4.69) is 0 Å². The largest absolute Gasteiger partial charge is 0.394 e. The predicted molar refractivity (Wildman–Crippen MR) is 44.2 cm³/mol. The number of halogens is 3. The van der Waals surface area contributed by atoms with Crippen LogP contribution < -0.4 is 0 Å². The molecule has 0 saturated carbocycles. The summed E-state index contributed by atoms with van der Waals surface area (Å²) in [6.07, 6.45) is -0.889. The van der Waals surface area contributed by atoms with Crippen LogP contribution >= 0.6 is 34.8 Å². The number of aliphatic hydroxyl groups is 2. The van der Waals surface area contributed by atoms with Crippen molar-refractivity contribution in [3.8, 4) is 0 Å². The SMILES string of the molecule is OCCOC(CO)C(Cl)(Cl)Cl. The maximum atomic E-state index is 8.63. The monoisotopic (exact) mass is 222 g/mol. The second-order valence-electron chi connectivity index (χ2n) is 1.81. The van der Waals surface area contributed by atoms with Crippen LogP contribution in [0.4, 0.5) is 0 Å². The lowest BCUT2D eigenvalue weighted by molar-refractivity contribution is -0.000896. The van der Waals surface area contributed by atoms with Gasteiger partial charge >= 0.3 is 0 Å². The summed E-state index contributed by atoms with van der Waals surface area (Å²) in [5.74, 6) is 0. The fraction of sp³-hybridized carbons (Fsp3) is 1.00. The molecule has 6 heteroatoms. The van der Waals surface area contributed by atoms with Crippen LogP contribution in [-0.2, 0) is 4.74 Å². The Morgan fingerprint density at radius 2 is 1.82 bits per heavy atom. The summed E-state index contributed by atoms with van der Waals surface area (Å²) in [5.41, 5.74) is 0. The van der Waals surface area contributed by atoms with Crippen LogP contribution in [0.15, 0.2) is 0 Å². The van der Waals surface area contributed by atoms with Crippen LogP contribution in [-0.4, -0.2) is 39.9 Å². The number of rotatable bonds is 4. The van der Waals surface area contributed by atoms with Crippen molar-refractivity contribution < 1.29 is 14.9 Å². The third-order valence-electron chi connectivity index (χ3n) is 0.941. The summed E-state index contributed by atoms with van der Waals surface area (Å²) in [5, 5.41) is 17.0. The van der Waals surface area contributed by atoms with E-state index in [1.165, 1.54) is 0 Å².